The van der Waals surface area contributed by atoms with Crippen molar-refractivity contribution in [2.45, 2.75) is 90.4 Å². The highest BCUT2D eigenvalue weighted by atomic mass is 15.2. The Bertz CT molecular complexity index is 336. The Morgan fingerprint density at radius 3 is 2.21 bits per heavy atom. The van der Waals surface area contributed by atoms with Crippen molar-refractivity contribution in [2.24, 2.45) is 10.7 Å². The average molecular weight is 336 g/mol. The molecule has 24 heavy (non-hydrogen) atoms. The summed E-state index contributed by atoms with van der Waals surface area (Å²) in [5, 5.41) is 0. The van der Waals surface area contributed by atoms with Crippen molar-refractivity contribution in [1.29, 1.82) is 0 Å². The van der Waals surface area contributed by atoms with Crippen LogP contribution in [0.1, 0.15) is 90.4 Å². The van der Waals surface area contributed by atoms with E-state index in [1.165, 1.54) is 82.9 Å². The van der Waals surface area contributed by atoms with Crippen LogP contribution in [-0.2, 0) is 0 Å². The highest BCUT2D eigenvalue weighted by molar-refractivity contribution is 5.83. The third-order valence-corrected chi connectivity index (χ3v) is 4.84. The van der Waals surface area contributed by atoms with Crippen LogP contribution >= 0.6 is 0 Å². The van der Waals surface area contributed by atoms with Crippen LogP contribution in [0, 0.1) is 0 Å². The molecule has 0 aromatic heterocycles. The Kier molecular flexibility index (Phi) is 13.9. The van der Waals surface area contributed by atoms with Gasteiger partial charge >= 0.3 is 0 Å². The molecule has 2 N–H and O–H groups in total. The maximum absolute atomic E-state index is 5.65. The largest absolute Gasteiger partial charge is 0.357 e. The van der Waals surface area contributed by atoms with E-state index >= 15 is 0 Å². The van der Waals surface area contributed by atoms with Crippen molar-refractivity contribution in [2.75, 3.05) is 26.2 Å². The van der Waals surface area contributed by atoms with Crippen molar-refractivity contribution >= 4 is 5.84 Å². The number of hydrogen-bond donors (Lipinski definition) is 1. The van der Waals surface area contributed by atoms with Gasteiger partial charge in [-0.2, -0.15) is 0 Å². The Morgan fingerprint density at radius 2 is 1.54 bits per heavy atom. The highest BCUT2D eigenvalue weighted by Gasteiger charge is 2.14. The molecule has 0 radical (unpaired) electrons. The monoisotopic (exact) mass is 335 g/mol. The minimum atomic E-state index is 0.740. The number of unbranched alkanes of at least 4 members (excludes halogenated alkanes) is 10. The Balaban J connectivity index is 1.84. The molecule has 0 amide bonds. The quantitative estimate of drug-likeness (QED) is 0.307. The van der Waals surface area contributed by atoms with Crippen LogP contribution in [0.15, 0.2) is 17.1 Å². The van der Waals surface area contributed by atoms with E-state index in [9.17, 15) is 0 Å². The Morgan fingerprint density at radius 1 is 0.917 bits per heavy atom. The first-order valence-electron chi connectivity index (χ1n) is 10.5. The predicted molar refractivity (Wildman–Crippen MR) is 108 cm³/mol. The second-order valence-corrected chi connectivity index (χ2v) is 7.05. The van der Waals surface area contributed by atoms with Gasteiger partial charge in [0.15, 0.2) is 0 Å². The van der Waals surface area contributed by atoms with Crippen LogP contribution in [0.3, 0.4) is 0 Å². The van der Waals surface area contributed by atoms with Crippen LogP contribution in [-0.4, -0.2) is 36.9 Å². The molecule has 0 unspecified atom stereocenters. The molecule has 1 aliphatic rings. The van der Waals surface area contributed by atoms with Gasteiger partial charge in [0.1, 0.15) is 0 Å². The van der Waals surface area contributed by atoms with Crippen LogP contribution in [0.4, 0.5) is 0 Å². The van der Waals surface area contributed by atoms with Crippen molar-refractivity contribution in [3.8, 4) is 0 Å². The number of aliphatic imine (C=N–C) groups is 1. The van der Waals surface area contributed by atoms with Crippen LogP contribution in [0.2, 0.25) is 0 Å². The van der Waals surface area contributed by atoms with Gasteiger partial charge in [-0.05, 0) is 32.1 Å². The average Bonchev–Trinajstić information content (AvgIpc) is 3.03. The standard InChI is InChI=1S/C21H41N3/c1-2-3-4-5-6-7-8-9-10-11-12-13-14-15-16-21-23-18-20-24(21)19-17-22/h9-10H,2-8,11-20,22H2,1H3/b10-9+. The maximum Gasteiger partial charge on any atom is 0.0990 e. The minimum absolute atomic E-state index is 0.740. The summed E-state index contributed by atoms with van der Waals surface area (Å²) in [6.45, 7) is 6.04. The fraction of sp³-hybridized carbons (Fsp3) is 0.857. The van der Waals surface area contributed by atoms with Gasteiger partial charge < -0.3 is 10.6 Å². The van der Waals surface area contributed by atoms with Gasteiger partial charge in [-0.1, -0.05) is 64.0 Å². The molecule has 0 aromatic rings. The van der Waals surface area contributed by atoms with Crippen molar-refractivity contribution < 1.29 is 0 Å². The fourth-order valence-electron chi connectivity index (χ4n) is 3.34. The Labute approximate surface area is 150 Å². The van der Waals surface area contributed by atoms with Gasteiger partial charge in [-0.3, -0.25) is 4.99 Å². The highest BCUT2D eigenvalue weighted by Crippen LogP contribution is 2.12. The second kappa shape index (κ2) is 15.7. The first kappa shape index (κ1) is 21.2. The number of amidine groups is 1. The zero-order chi connectivity index (χ0) is 17.3. The third kappa shape index (κ3) is 10.9. The molecule has 0 atom stereocenters. The molecule has 3 heteroatoms. The molecule has 1 heterocycles. The lowest BCUT2D eigenvalue weighted by atomic mass is 10.1. The molecule has 0 saturated heterocycles. The van der Waals surface area contributed by atoms with Gasteiger partial charge in [-0.25, -0.2) is 0 Å². The smallest absolute Gasteiger partial charge is 0.0990 e. The second-order valence-electron chi connectivity index (χ2n) is 7.05. The molecule has 0 spiro atoms. The van der Waals surface area contributed by atoms with Crippen molar-refractivity contribution in [1.82, 2.24) is 4.90 Å². The summed E-state index contributed by atoms with van der Waals surface area (Å²) in [6, 6.07) is 0. The zero-order valence-electron chi connectivity index (χ0n) is 16.1. The van der Waals surface area contributed by atoms with Crippen LogP contribution in [0.5, 0.6) is 0 Å². The van der Waals surface area contributed by atoms with E-state index in [-0.39, 0.29) is 0 Å². The van der Waals surface area contributed by atoms with E-state index < -0.39 is 0 Å². The van der Waals surface area contributed by atoms with Gasteiger partial charge in [-0.15, -0.1) is 0 Å². The SMILES string of the molecule is CCCCCCCC/C=C/CCCCCCC1=NCCN1CCN. The van der Waals surface area contributed by atoms with E-state index in [0.717, 1.165) is 32.6 Å². The summed E-state index contributed by atoms with van der Waals surface area (Å²) in [5.41, 5.74) is 5.65. The van der Waals surface area contributed by atoms with Crippen LogP contribution in [0.25, 0.3) is 0 Å². The Hall–Kier alpha value is -0.830. The maximum atomic E-state index is 5.65. The van der Waals surface area contributed by atoms with Gasteiger partial charge in [0, 0.05) is 26.1 Å². The molecule has 0 saturated carbocycles. The molecule has 0 aliphatic carbocycles. The summed E-state index contributed by atoms with van der Waals surface area (Å²) in [7, 11) is 0. The topological polar surface area (TPSA) is 41.6 Å². The molecule has 1 aliphatic heterocycles. The first-order valence-corrected chi connectivity index (χ1v) is 10.5. The molecule has 1 rings (SSSR count). The summed E-state index contributed by atoms with van der Waals surface area (Å²) in [4.78, 5) is 6.98. The van der Waals surface area contributed by atoms with E-state index in [1.807, 2.05) is 0 Å². The minimum Gasteiger partial charge on any atom is -0.357 e. The molecule has 140 valence electrons. The van der Waals surface area contributed by atoms with E-state index in [2.05, 4.69) is 29.0 Å². The number of nitrogens with zero attached hydrogens (tertiary/aromatic N) is 2. The van der Waals surface area contributed by atoms with E-state index in [0.29, 0.717) is 0 Å². The summed E-state index contributed by atoms with van der Waals surface area (Å²) in [5.74, 6) is 1.30. The molecule has 0 bridgehead atoms. The first-order chi connectivity index (χ1) is 11.9. The molecule has 0 aromatic carbocycles. The number of rotatable bonds is 16. The zero-order valence-corrected chi connectivity index (χ0v) is 16.1. The van der Waals surface area contributed by atoms with Gasteiger partial charge in [0.25, 0.3) is 0 Å². The number of allylic oxidation sites excluding steroid dienone is 2. The van der Waals surface area contributed by atoms with E-state index in [1.54, 1.807) is 0 Å². The van der Waals surface area contributed by atoms with Gasteiger partial charge in [0.05, 0.1) is 12.4 Å². The molecule has 3 nitrogen and oxygen atoms in total. The van der Waals surface area contributed by atoms with Gasteiger partial charge in [0.2, 0.25) is 0 Å². The summed E-state index contributed by atoms with van der Waals surface area (Å²) < 4.78 is 0. The predicted octanol–water partition coefficient (Wildman–Crippen LogP) is 5.31. The van der Waals surface area contributed by atoms with Crippen LogP contribution < -0.4 is 5.73 Å². The molecular weight excluding hydrogens is 294 g/mol. The fourth-order valence-corrected chi connectivity index (χ4v) is 3.34. The normalized spacial score (nSPS) is 14.8. The third-order valence-electron chi connectivity index (χ3n) is 4.84. The van der Waals surface area contributed by atoms with E-state index in [4.69, 9.17) is 5.73 Å². The number of nitrogens with two attached hydrogens (primary N) is 1. The van der Waals surface area contributed by atoms with Crippen molar-refractivity contribution in [3.05, 3.63) is 12.2 Å². The number of hydrogen-bond acceptors (Lipinski definition) is 3. The molecule has 0 fully saturated rings. The lowest BCUT2D eigenvalue weighted by Crippen LogP contribution is -2.32. The summed E-state index contributed by atoms with van der Waals surface area (Å²) in [6.07, 6.45) is 22.2. The lowest BCUT2D eigenvalue weighted by molar-refractivity contribution is 0.456. The van der Waals surface area contributed by atoms with Crippen molar-refractivity contribution in [3.63, 3.8) is 0 Å². The lowest BCUT2D eigenvalue weighted by Gasteiger charge is -2.19. The molecular formula is C21H41N3. The summed E-state index contributed by atoms with van der Waals surface area (Å²) >= 11 is 0.